The average molecular weight is 322 g/mol. The van der Waals surface area contributed by atoms with E-state index in [1.165, 1.54) is 12.8 Å². The third-order valence-electron chi connectivity index (χ3n) is 4.89. The molecule has 0 aromatic heterocycles. The first kappa shape index (κ1) is 14.5. The summed E-state index contributed by atoms with van der Waals surface area (Å²) < 4.78 is 33.4. The van der Waals surface area contributed by atoms with Gasteiger partial charge in [0, 0.05) is 18.5 Å². The molecule has 2 fully saturated rings. The molecule has 2 aliphatic heterocycles. The predicted molar refractivity (Wildman–Crippen MR) is 83.6 cm³/mol. The van der Waals surface area contributed by atoms with Crippen LogP contribution >= 0.6 is 0 Å². The van der Waals surface area contributed by atoms with Crippen LogP contribution in [0.15, 0.2) is 23.1 Å². The number of rotatable bonds is 4. The van der Waals surface area contributed by atoms with Gasteiger partial charge < -0.3 is 9.64 Å². The predicted octanol–water partition coefficient (Wildman–Crippen LogP) is 1.53. The summed E-state index contributed by atoms with van der Waals surface area (Å²) in [4.78, 5) is 2.86. The van der Waals surface area contributed by atoms with Crippen molar-refractivity contribution in [2.45, 2.75) is 49.1 Å². The number of fused-ring (bicyclic) bond motifs is 1. The van der Waals surface area contributed by atoms with Crippen LogP contribution in [0.1, 0.15) is 31.2 Å². The summed E-state index contributed by atoms with van der Waals surface area (Å²) in [5.74, 6) is 0.816. The van der Waals surface area contributed by atoms with Gasteiger partial charge in [0.25, 0.3) is 0 Å². The number of ether oxygens (including phenoxy) is 1. The monoisotopic (exact) mass is 322 g/mol. The maximum atomic E-state index is 12.6. The molecule has 1 N–H and O–H groups in total. The van der Waals surface area contributed by atoms with Gasteiger partial charge in [0.1, 0.15) is 5.75 Å². The molecule has 0 atom stereocenters. The van der Waals surface area contributed by atoms with Gasteiger partial charge in [-0.3, -0.25) is 0 Å². The van der Waals surface area contributed by atoms with Crippen molar-refractivity contribution >= 4 is 10.0 Å². The highest BCUT2D eigenvalue weighted by molar-refractivity contribution is 7.89. The Balaban J connectivity index is 1.43. The van der Waals surface area contributed by atoms with Gasteiger partial charge in [0.2, 0.25) is 10.0 Å². The van der Waals surface area contributed by atoms with E-state index >= 15 is 0 Å². The standard InChI is InChI=1S/C16H22N2O3S/c19-22(20,15-3-4-16-12(11-15)7-10-21-16)17-13-5-8-18(9-6-13)14-1-2-14/h3-4,11,13-14,17H,1-2,5-10H2. The summed E-state index contributed by atoms with van der Waals surface area (Å²) in [6.45, 7) is 2.66. The Labute approximate surface area is 131 Å². The second kappa shape index (κ2) is 5.51. The summed E-state index contributed by atoms with van der Waals surface area (Å²) in [6.07, 6.45) is 5.23. The first-order valence-corrected chi connectivity index (χ1v) is 9.62. The summed E-state index contributed by atoms with van der Waals surface area (Å²) >= 11 is 0. The smallest absolute Gasteiger partial charge is 0.240 e. The van der Waals surface area contributed by atoms with Crippen LogP contribution in [0.3, 0.4) is 0 Å². The average Bonchev–Trinajstić information content (AvgIpc) is 3.25. The van der Waals surface area contributed by atoms with Crippen LogP contribution in [0.2, 0.25) is 0 Å². The fourth-order valence-corrected chi connectivity index (χ4v) is 4.79. The summed E-state index contributed by atoms with van der Waals surface area (Å²) in [6, 6.07) is 6.00. The van der Waals surface area contributed by atoms with Crippen molar-refractivity contribution in [2.24, 2.45) is 0 Å². The van der Waals surface area contributed by atoms with E-state index in [0.717, 1.165) is 49.7 Å². The molecule has 3 aliphatic rings. The summed E-state index contributed by atoms with van der Waals surface area (Å²) in [5, 5.41) is 0. The minimum Gasteiger partial charge on any atom is -0.493 e. The number of hydrogen-bond donors (Lipinski definition) is 1. The van der Waals surface area contributed by atoms with E-state index in [1.54, 1.807) is 18.2 Å². The van der Waals surface area contributed by atoms with Crippen LogP contribution in [0.25, 0.3) is 0 Å². The Morgan fingerprint density at radius 1 is 1.14 bits per heavy atom. The lowest BCUT2D eigenvalue weighted by atomic mass is 10.1. The maximum Gasteiger partial charge on any atom is 0.240 e. The molecule has 0 bridgehead atoms. The number of benzene rings is 1. The number of piperidine rings is 1. The largest absolute Gasteiger partial charge is 0.493 e. The first-order valence-electron chi connectivity index (χ1n) is 8.14. The number of likely N-dealkylation sites (tertiary alicyclic amines) is 1. The molecule has 1 aromatic carbocycles. The van der Waals surface area contributed by atoms with E-state index in [0.29, 0.717) is 11.5 Å². The maximum absolute atomic E-state index is 12.6. The second-order valence-corrected chi connectivity index (χ2v) is 8.24. The molecule has 1 saturated heterocycles. The lowest BCUT2D eigenvalue weighted by molar-refractivity contribution is 0.199. The molecule has 1 aromatic rings. The molecule has 0 amide bonds. The molecule has 5 nitrogen and oxygen atoms in total. The third-order valence-corrected chi connectivity index (χ3v) is 6.40. The van der Waals surface area contributed by atoms with Crippen LogP contribution in [0.4, 0.5) is 0 Å². The number of hydrogen-bond acceptors (Lipinski definition) is 4. The first-order chi connectivity index (χ1) is 10.6. The van der Waals surface area contributed by atoms with Gasteiger partial charge in [0.05, 0.1) is 11.5 Å². The summed E-state index contributed by atoms with van der Waals surface area (Å²) in [5.41, 5.74) is 0.992. The molecule has 22 heavy (non-hydrogen) atoms. The topological polar surface area (TPSA) is 58.6 Å². The lowest BCUT2D eigenvalue weighted by Gasteiger charge is -2.32. The van der Waals surface area contributed by atoms with Gasteiger partial charge >= 0.3 is 0 Å². The van der Waals surface area contributed by atoms with Crippen molar-refractivity contribution in [3.05, 3.63) is 23.8 Å². The molecule has 0 unspecified atom stereocenters. The van der Waals surface area contributed by atoms with Gasteiger partial charge in [-0.1, -0.05) is 0 Å². The van der Waals surface area contributed by atoms with Crippen LogP contribution in [0.5, 0.6) is 5.75 Å². The van der Waals surface area contributed by atoms with Crippen molar-refractivity contribution in [1.29, 1.82) is 0 Å². The van der Waals surface area contributed by atoms with Gasteiger partial charge in [-0.25, -0.2) is 13.1 Å². The van der Waals surface area contributed by atoms with Gasteiger partial charge in [-0.2, -0.15) is 0 Å². The SMILES string of the molecule is O=S(=O)(NC1CCN(C2CC2)CC1)c1ccc2c(c1)CCO2. The lowest BCUT2D eigenvalue weighted by Crippen LogP contribution is -2.45. The van der Waals surface area contributed by atoms with Crippen LogP contribution < -0.4 is 9.46 Å². The molecule has 1 aliphatic carbocycles. The molecule has 6 heteroatoms. The van der Waals surface area contributed by atoms with E-state index < -0.39 is 10.0 Å². The highest BCUT2D eigenvalue weighted by Gasteiger charge is 2.33. The van der Waals surface area contributed by atoms with Crippen molar-refractivity contribution in [2.75, 3.05) is 19.7 Å². The molecule has 120 valence electrons. The molecule has 0 spiro atoms. The number of sulfonamides is 1. The van der Waals surface area contributed by atoms with E-state index in [2.05, 4.69) is 9.62 Å². The highest BCUT2D eigenvalue weighted by atomic mass is 32.2. The Bertz CT molecular complexity index is 662. The van der Waals surface area contributed by atoms with E-state index in [1.807, 2.05) is 0 Å². The van der Waals surface area contributed by atoms with Gasteiger partial charge in [-0.15, -0.1) is 0 Å². The number of nitrogens with one attached hydrogen (secondary N) is 1. The fourth-order valence-electron chi connectivity index (χ4n) is 3.44. The molecule has 2 heterocycles. The zero-order valence-corrected chi connectivity index (χ0v) is 13.4. The number of nitrogens with zero attached hydrogens (tertiary/aromatic N) is 1. The van der Waals surface area contributed by atoms with E-state index in [-0.39, 0.29) is 6.04 Å². The fraction of sp³-hybridized carbons (Fsp3) is 0.625. The molecule has 1 saturated carbocycles. The van der Waals surface area contributed by atoms with Crippen molar-refractivity contribution < 1.29 is 13.2 Å². The van der Waals surface area contributed by atoms with Crippen molar-refractivity contribution in [3.63, 3.8) is 0 Å². The Hall–Kier alpha value is -1.11. The normalized spacial score (nSPS) is 23.3. The van der Waals surface area contributed by atoms with E-state index in [9.17, 15) is 8.42 Å². The van der Waals surface area contributed by atoms with E-state index in [4.69, 9.17) is 4.74 Å². The van der Waals surface area contributed by atoms with Crippen LogP contribution in [-0.2, 0) is 16.4 Å². The Kier molecular flexibility index (Phi) is 3.63. The minimum atomic E-state index is -3.43. The highest BCUT2D eigenvalue weighted by Crippen LogP contribution is 2.30. The van der Waals surface area contributed by atoms with Gasteiger partial charge in [-0.05, 0) is 62.5 Å². The van der Waals surface area contributed by atoms with Gasteiger partial charge in [0.15, 0.2) is 0 Å². The van der Waals surface area contributed by atoms with Crippen molar-refractivity contribution in [3.8, 4) is 5.75 Å². The van der Waals surface area contributed by atoms with Crippen LogP contribution in [-0.4, -0.2) is 45.1 Å². The zero-order valence-electron chi connectivity index (χ0n) is 12.6. The van der Waals surface area contributed by atoms with Crippen molar-refractivity contribution in [1.82, 2.24) is 9.62 Å². The minimum absolute atomic E-state index is 0.0597. The zero-order chi connectivity index (χ0) is 15.2. The Morgan fingerprint density at radius 3 is 2.64 bits per heavy atom. The molecule has 0 radical (unpaired) electrons. The molecular weight excluding hydrogens is 300 g/mol. The second-order valence-electron chi connectivity index (χ2n) is 6.53. The summed E-state index contributed by atoms with van der Waals surface area (Å²) in [7, 11) is -3.43. The quantitative estimate of drug-likeness (QED) is 0.913. The third kappa shape index (κ3) is 2.87. The van der Waals surface area contributed by atoms with Crippen LogP contribution in [0, 0.1) is 0 Å². The molecular formula is C16H22N2O3S. The molecule has 4 rings (SSSR count). The Morgan fingerprint density at radius 2 is 1.91 bits per heavy atom.